The van der Waals surface area contributed by atoms with Crippen LogP contribution in [0.5, 0.6) is 0 Å². The molecular weight excluding hydrogens is 511 g/mol. The first-order valence-electron chi connectivity index (χ1n) is 10.4. The summed E-state index contributed by atoms with van der Waals surface area (Å²) in [4.78, 5) is 61.6. The Hall–Kier alpha value is 1.99. The maximum absolute atomic E-state index is 10.3. The van der Waals surface area contributed by atoms with E-state index in [0.29, 0.717) is 6.42 Å². The summed E-state index contributed by atoms with van der Waals surface area (Å²) in [6, 6.07) is 0. The van der Waals surface area contributed by atoms with Crippen LogP contribution >= 0.6 is 15.6 Å². The Morgan fingerprint density at radius 1 is 0.545 bits per heavy atom. The molecule has 184 valence electrons. The summed E-state index contributed by atoms with van der Waals surface area (Å²) < 4.78 is 17.1. The minimum atomic E-state index is -5.39. The molecule has 0 spiro atoms. The molecule has 0 aromatic heterocycles. The Balaban J connectivity index is -0.000000118. The predicted molar refractivity (Wildman–Crippen MR) is 120 cm³/mol. The number of carboxylic acid groups (broad SMARTS) is 1. The number of rotatable bonds is 16. The van der Waals surface area contributed by atoms with Gasteiger partial charge < -0.3 is 43.6 Å². The van der Waals surface area contributed by atoms with Crippen LogP contribution in [0.4, 0.5) is 0 Å². The van der Waals surface area contributed by atoms with Gasteiger partial charge in [0.25, 0.3) is 0 Å². The zero-order valence-corrected chi connectivity index (χ0v) is 26.0. The first-order chi connectivity index (χ1) is 13.8. The van der Waals surface area contributed by atoms with Crippen molar-refractivity contribution >= 4 is 90.8 Å². The molecule has 0 rings (SSSR count). The Morgan fingerprint density at radius 3 is 0.909 bits per heavy atom. The molecule has 15 heteroatoms. The Labute approximate surface area is 247 Å². The number of hydrogen-bond acceptors (Lipinski definition) is 9. The van der Waals surface area contributed by atoms with Gasteiger partial charge in [-0.1, -0.05) is 96.8 Å². The van der Waals surface area contributed by atoms with Gasteiger partial charge in [0.05, 0.1) is 0 Å². The Morgan fingerprint density at radius 2 is 0.727 bits per heavy atom. The SMILES string of the molecule is CCCCCCCCCCCCCCCCCC(=O)O.O=P([O-])([O-])[O-].O=P([O-])([O-])[O-].[Mg+2].[Mg+2].[Mg+2]. The summed E-state index contributed by atoms with van der Waals surface area (Å²) >= 11 is 0. The van der Waals surface area contributed by atoms with Gasteiger partial charge in [-0.05, 0) is 6.42 Å². The second kappa shape index (κ2) is 34.0. The number of unbranched alkanes of at least 4 members (excludes halogenated alkanes) is 14. The fraction of sp³-hybridized carbons (Fsp3) is 0.944. The van der Waals surface area contributed by atoms with E-state index in [0.717, 1.165) is 12.8 Å². The third kappa shape index (κ3) is 96.5. The molecule has 0 heterocycles. The Kier molecular flexibility index (Phi) is 49.5. The summed E-state index contributed by atoms with van der Waals surface area (Å²) in [5.74, 6) is -0.653. The van der Waals surface area contributed by atoms with Gasteiger partial charge in [-0.15, -0.1) is 0 Å². The molecule has 0 unspecified atom stereocenters. The molecule has 0 fully saturated rings. The molecular formula is C18H36Mg3O10P2. The van der Waals surface area contributed by atoms with E-state index in [4.69, 9.17) is 43.6 Å². The van der Waals surface area contributed by atoms with Gasteiger partial charge in [0, 0.05) is 6.42 Å². The van der Waals surface area contributed by atoms with Crippen LogP contribution in [0.2, 0.25) is 0 Å². The van der Waals surface area contributed by atoms with Crippen molar-refractivity contribution in [2.24, 2.45) is 0 Å². The molecule has 33 heavy (non-hydrogen) atoms. The van der Waals surface area contributed by atoms with Gasteiger partial charge in [0.2, 0.25) is 0 Å². The van der Waals surface area contributed by atoms with Gasteiger partial charge in [-0.2, -0.15) is 15.6 Å². The van der Waals surface area contributed by atoms with Crippen LogP contribution < -0.4 is 29.4 Å². The zero-order chi connectivity index (χ0) is 23.9. The van der Waals surface area contributed by atoms with Crippen LogP contribution in [-0.4, -0.2) is 80.2 Å². The van der Waals surface area contributed by atoms with Crippen LogP contribution in [0.15, 0.2) is 0 Å². The number of hydrogen-bond donors (Lipinski definition) is 1. The molecule has 10 nitrogen and oxygen atoms in total. The van der Waals surface area contributed by atoms with Gasteiger partial charge in [0.15, 0.2) is 0 Å². The van der Waals surface area contributed by atoms with Gasteiger partial charge in [-0.25, -0.2) is 0 Å². The molecule has 0 aromatic carbocycles. The van der Waals surface area contributed by atoms with Crippen molar-refractivity contribution in [3.8, 4) is 0 Å². The van der Waals surface area contributed by atoms with Gasteiger partial charge >= 0.3 is 75.1 Å². The summed E-state index contributed by atoms with van der Waals surface area (Å²) in [7, 11) is -10.8. The molecule has 0 atom stereocenters. The third-order valence-electron chi connectivity index (χ3n) is 3.99. The van der Waals surface area contributed by atoms with Crippen molar-refractivity contribution in [3.63, 3.8) is 0 Å². The maximum Gasteiger partial charge on any atom is 2.00 e. The fourth-order valence-electron chi connectivity index (χ4n) is 2.65. The van der Waals surface area contributed by atoms with Crippen molar-refractivity contribution in [2.75, 3.05) is 0 Å². The molecule has 0 aliphatic heterocycles. The van der Waals surface area contributed by atoms with E-state index >= 15 is 0 Å². The molecule has 0 saturated carbocycles. The molecule has 0 saturated heterocycles. The molecule has 0 bridgehead atoms. The van der Waals surface area contributed by atoms with Crippen LogP contribution in [0.3, 0.4) is 0 Å². The Bertz CT molecular complexity index is 440. The normalized spacial score (nSPS) is 10.2. The van der Waals surface area contributed by atoms with Crippen molar-refractivity contribution in [1.29, 1.82) is 0 Å². The quantitative estimate of drug-likeness (QED) is 0.149. The predicted octanol–water partition coefficient (Wildman–Crippen LogP) is -0.459. The van der Waals surface area contributed by atoms with Gasteiger partial charge in [-0.3, -0.25) is 4.79 Å². The second-order valence-electron chi connectivity index (χ2n) is 6.99. The van der Waals surface area contributed by atoms with Crippen molar-refractivity contribution < 1.29 is 48.4 Å². The van der Waals surface area contributed by atoms with E-state index in [1.165, 1.54) is 83.5 Å². The van der Waals surface area contributed by atoms with E-state index in [9.17, 15) is 4.79 Å². The summed E-state index contributed by atoms with van der Waals surface area (Å²) in [5, 5.41) is 8.52. The minimum Gasteiger partial charge on any atom is -0.822 e. The van der Waals surface area contributed by atoms with Crippen molar-refractivity contribution in [1.82, 2.24) is 0 Å². The van der Waals surface area contributed by atoms with Crippen LogP contribution in [0.1, 0.15) is 110 Å². The average Bonchev–Trinajstić information content (AvgIpc) is 2.55. The number of phosphoric acid groups is 2. The van der Waals surface area contributed by atoms with Crippen LogP contribution in [0.25, 0.3) is 0 Å². The smallest absolute Gasteiger partial charge is 0.822 e. The van der Waals surface area contributed by atoms with Crippen LogP contribution in [0, 0.1) is 0 Å². The molecule has 0 aliphatic carbocycles. The summed E-state index contributed by atoms with van der Waals surface area (Å²) in [6.45, 7) is 2.27. The molecule has 1 N–H and O–H groups in total. The average molecular weight is 547 g/mol. The molecule has 0 aromatic rings. The van der Waals surface area contributed by atoms with E-state index in [-0.39, 0.29) is 69.2 Å². The minimum absolute atomic E-state index is 0. The van der Waals surface area contributed by atoms with Crippen molar-refractivity contribution in [3.05, 3.63) is 0 Å². The van der Waals surface area contributed by atoms with E-state index in [1.54, 1.807) is 0 Å². The maximum atomic E-state index is 10.3. The molecule has 0 radical (unpaired) electrons. The second-order valence-corrected chi connectivity index (χ2v) is 8.78. The first kappa shape index (κ1) is 48.1. The monoisotopic (exact) mass is 546 g/mol. The largest absolute Gasteiger partial charge is 2.00 e. The number of aliphatic carboxylic acids is 1. The van der Waals surface area contributed by atoms with Crippen molar-refractivity contribution in [2.45, 2.75) is 110 Å². The zero-order valence-electron chi connectivity index (χ0n) is 20.0. The fourth-order valence-corrected chi connectivity index (χ4v) is 2.65. The number of carboxylic acids is 1. The van der Waals surface area contributed by atoms with E-state index < -0.39 is 21.6 Å². The summed E-state index contributed by atoms with van der Waals surface area (Å²) in [6.07, 6.45) is 20.2. The number of carbonyl (C=O) groups is 1. The third-order valence-corrected chi connectivity index (χ3v) is 3.99. The van der Waals surface area contributed by atoms with E-state index in [2.05, 4.69) is 6.92 Å². The summed E-state index contributed by atoms with van der Waals surface area (Å²) in [5.41, 5.74) is 0. The molecule has 0 aliphatic rings. The standard InChI is InChI=1S/C18H36O2.3Mg.2H3O4P/c1-2-3-4-5-6-7-8-9-10-11-12-13-14-15-16-17-18(19)20;;;;2*1-5(2,3)4/h2-17H2,1H3,(H,19,20);;;;2*(H3,1,2,3,4)/q;3*+2;;/p-6. The van der Waals surface area contributed by atoms with Crippen LogP contribution in [-0.2, 0) is 13.9 Å². The molecule has 0 amide bonds. The van der Waals surface area contributed by atoms with E-state index in [1.807, 2.05) is 0 Å². The van der Waals surface area contributed by atoms with Gasteiger partial charge in [0.1, 0.15) is 0 Å². The first-order valence-corrected chi connectivity index (χ1v) is 13.4. The topological polar surface area (TPSA) is 210 Å².